The highest BCUT2D eigenvalue weighted by molar-refractivity contribution is 6.03. The predicted molar refractivity (Wildman–Crippen MR) is 158 cm³/mol. The van der Waals surface area contributed by atoms with Gasteiger partial charge in [-0.1, -0.05) is 26.0 Å². The second-order valence-corrected chi connectivity index (χ2v) is 12.8. The first kappa shape index (κ1) is 27.6. The molecule has 6 rings (SSSR count). The van der Waals surface area contributed by atoms with Crippen molar-refractivity contribution >= 4 is 11.6 Å². The Hall–Kier alpha value is -3.57. The fraction of sp³-hybridized carbons (Fsp3) is 0.545. The van der Waals surface area contributed by atoms with E-state index in [4.69, 9.17) is 4.98 Å². The molecule has 3 aliphatic rings. The number of anilines is 1. The third-order valence-corrected chi connectivity index (χ3v) is 9.87. The van der Waals surface area contributed by atoms with E-state index in [0.29, 0.717) is 29.9 Å². The first-order chi connectivity index (χ1) is 19.8. The number of aromatic nitrogens is 4. The van der Waals surface area contributed by atoms with Gasteiger partial charge in [-0.3, -0.25) is 9.69 Å². The van der Waals surface area contributed by atoms with E-state index in [-0.39, 0.29) is 17.4 Å². The molecule has 2 fully saturated rings. The maximum Gasteiger partial charge on any atom is 0.274 e. The predicted octanol–water partition coefficient (Wildman–Crippen LogP) is 5.91. The summed E-state index contributed by atoms with van der Waals surface area (Å²) in [7, 11) is 1.96. The molecule has 3 heterocycles. The number of benzene rings is 1. The number of pyridine rings is 1. The van der Waals surface area contributed by atoms with E-state index in [1.807, 2.05) is 23.7 Å². The van der Waals surface area contributed by atoms with Gasteiger partial charge in [-0.2, -0.15) is 5.26 Å². The number of nitrogens with one attached hydrogen (secondary N) is 1. The minimum atomic E-state index is -0.317. The topological polar surface area (TPSA) is 99.7 Å². The Kier molecular flexibility index (Phi) is 7.41. The van der Waals surface area contributed by atoms with Gasteiger partial charge in [-0.15, -0.1) is 10.2 Å². The maximum absolute atomic E-state index is 13.7. The van der Waals surface area contributed by atoms with Gasteiger partial charge in [0.25, 0.3) is 5.91 Å². The fourth-order valence-electron chi connectivity index (χ4n) is 7.61. The van der Waals surface area contributed by atoms with Crippen molar-refractivity contribution in [3.05, 3.63) is 70.6 Å². The smallest absolute Gasteiger partial charge is 0.274 e. The third kappa shape index (κ3) is 5.05. The summed E-state index contributed by atoms with van der Waals surface area (Å²) in [5.74, 6) is 2.11. The van der Waals surface area contributed by atoms with Crippen molar-refractivity contribution in [2.45, 2.75) is 83.1 Å². The molecular formula is C33H41N7O. The molecule has 214 valence electrons. The Bertz CT molecular complexity index is 1480. The summed E-state index contributed by atoms with van der Waals surface area (Å²) < 4.78 is 1.97. The number of hydrogen-bond donors (Lipinski definition) is 1. The van der Waals surface area contributed by atoms with E-state index < -0.39 is 0 Å². The van der Waals surface area contributed by atoms with Gasteiger partial charge in [0.05, 0.1) is 11.5 Å². The summed E-state index contributed by atoms with van der Waals surface area (Å²) in [6, 6.07) is 12.7. The summed E-state index contributed by atoms with van der Waals surface area (Å²) in [5.41, 5.74) is 5.73. The van der Waals surface area contributed by atoms with E-state index in [1.54, 1.807) is 6.33 Å². The van der Waals surface area contributed by atoms with Gasteiger partial charge in [0.2, 0.25) is 0 Å². The summed E-state index contributed by atoms with van der Waals surface area (Å²) >= 11 is 0. The first-order valence-corrected chi connectivity index (χ1v) is 15.2. The van der Waals surface area contributed by atoms with Gasteiger partial charge < -0.3 is 9.88 Å². The van der Waals surface area contributed by atoms with Crippen LogP contribution < -0.4 is 5.32 Å². The average molecular weight is 552 g/mol. The van der Waals surface area contributed by atoms with Crippen LogP contribution >= 0.6 is 0 Å². The van der Waals surface area contributed by atoms with Gasteiger partial charge in [0, 0.05) is 37.4 Å². The highest BCUT2D eigenvalue weighted by atomic mass is 16.1. The van der Waals surface area contributed by atoms with Crippen molar-refractivity contribution in [2.24, 2.45) is 18.9 Å². The molecule has 1 aromatic carbocycles. The molecular weight excluding hydrogens is 510 g/mol. The van der Waals surface area contributed by atoms with Crippen LogP contribution in [0.25, 0.3) is 0 Å². The van der Waals surface area contributed by atoms with E-state index >= 15 is 0 Å². The standard InChI is InChI=1S/C33H41N7O/c1-21-7-6-14-40(19-21)23(3)28-16-29(37-30-22(2)10-11-27(28)30)31(41)36-26-9-5-8-25(15-26)33(17-24(18-33)12-13-34)32-38-35-20-39(32)4/h5,8-9,15-16,20-24H,6-7,10-12,14,17-19H2,1-4H3,(H,36,41)/t21-,22?,23?,24?,33?/m0/s1. The minimum absolute atomic E-state index is 0.173. The lowest BCUT2D eigenvalue weighted by molar-refractivity contribution is 0.102. The number of piperidine rings is 1. The molecule has 0 spiro atoms. The molecule has 8 heteroatoms. The first-order valence-electron chi connectivity index (χ1n) is 15.2. The van der Waals surface area contributed by atoms with Crippen LogP contribution in [0.1, 0.15) is 110 Å². The SMILES string of the molecule is CC1CCc2c(C(C)N3CCC[C@H](C)C3)cc(C(=O)Nc3cccc(C4(c5nncn5C)CC(CC#N)C4)c3)nc21. The molecule has 2 aromatic heterocycles. The summed E-state index contributed by atoms with van der Waals surface area (Å²) in [4.78, 5) is 21.3. The Balaban J connectivity index is 1.28. The number of fused-ring (bicyclic) bond motifs is 1. The molecule has 2 unspecified atom stereocenters. The Morgan fingerprint density at radius 3 is 2.80 bits per heavy atom. The highest BCUT2D eigenvalue weighted by Crippen LogP contribution is 2.53. The number of amides is 1. The maximum atomic E-state index is 13.7. The monoisotopic (exact) mass is 551 g/mol. The van der Waals surface area contributed by atoms with Crippen LogP contribution in [0.3, 0.4) is 0 Å². The molecule has 8 nitrogen and oxygen atoms in total. The number of aryl methyl sites for hydroxylation is 1. The lowest BCUT2D eigenvalue weighted by Gasteiger charge is -2.46. The third-order valence-electron chi connectivity index (χ3n) is 9.87. The van der Waals surface area contributed by atoms with Gasteiger partial charge >= 0.3 is 0 Å². The second kappa shape index (κ2) is 11.0. The van der Waals surface area contributed by atoms with Crippen molar-refractivity contribution in [1.82, 2.24) is 24.6 Å². The van der Waals surface area contributed by atoms with Crippen molar-refractivity contribution in [2.75, 3.05) is 18.4 Å². The van der Waals surface area contributed by atoms with Crippen LogP contribution in [0.4, 0.5) is 5.69 Å². The Labute approximate surface area is 243 Å². The van der Waals surface area contributed by atoms with E-state index in [1.165, 1.54) is 24.0 Å². The zero-order valence-electron chi connectivity index (χ0n) is 24.7. The Morgan fingerprint density at radius 1 is 1.24 bits per heavy atom. The van der Waals surface area contributed by atoms with Crippen molar-refractivity contribution in [3.8, 4) is 6.07 Å². The number of likely N-dealkylation sites (tertiary alicyclic amines) is 1. The summed E-state index contributed by atoms with van der Waals surface area (Å²) in [5, 5.41) is 21.0. The molecule has 3 atom stereocenters. The number of carbonyl (C=O) groups is 1. The lowest BCUT2D eigenvalue weighted by atomic mass is 9.57. The molecule has 3 aromatic rings. The summed E-state index contributed by atoms with van der Waals surface area (Å²) in [6.07, 6.45) is 8.58. The van der Waals surface area contributed by atoms with E-state index in [2.05, 4.69) is 65.5 Å². The minimum Gasteiger partial charge on any atom is -0.321 e. The molecule has 1 N–H and O–H groups in total. The number of carbonyl (C=O) groups excluding carboxylic acids is 1. The van der Waals surface area contributed by atoms with Crippen molar-refractivity contribution in [3.63, 3.8) is 0 Å². The van der Waals surface area contributed by atoms with Crippen LogP contribution in [0.5, 0.6) is 0 Å². The van der Waals surface area contributed by atoms with Crippen LogP contribution in [0, 0.1) is 23.2 Å². The molecule has 1 saturated carbocycles. The molecule has 0 bridgehead atoms. The van der Waals surface area contributed by atoms with Crippen LogP contribution in [0.2, 0.25) is 0 Å². The molecule has 41 heavy (non-hydrogen) atoms. The normalized spacial score (nSPS) is 26.6. The van der Waals surface area contributed by atoms with Crippen molar-refractivity contribution < 1.29 is 4.79 Å². The van der Waals surface area contributed by atoms with Crippen LogP contribution in [-0.4, -0.2) is 43.6 Å². The number of nitrogens with zero attached hydrogens (tertiary/aromatic N) is 6. The molecule has 2 aliphatic carbocycles. The zero-order valence-corrected chi connectivity index (χ0v) is 24.7. The van der Waals surface area contributed by atoms with Gasteiger partial charge in [0.1, 0.15) is 17.8 Å². The summed E-state index contributed by atoms with van der Waals surface area (Å²) in [6.45, 7) is 9.07. The number of hydrogen-bond acceptors (Lipinski definition) is 6. The van der Waals surface area contributed by atoms with Gasteiger partial charge in [-0.05, 0) is 105 Å². The van der Waals surface area contributed by atoms with Crippen LogP contribution in [-0.2, 0) is 18.9 Å². The highest BCUT2D eigenvalue weighted by Gasteiger charge is 2.49. The molecule has 0 radical (unpaired) electrons. The molecule has 1 saturated heterocycles. The number of nitriles is 1. The largest absolute Gasteiger partial charge is 0.321 e. The molecule has 1 amide bonds. The fourth-order valence-corrected chi connectivity index (χ4v) is 7.61. The van der Waals surface area contributed by atoms with E-state index in [9.17, 15) is 10.1 Å². The van der Waals surface area contributed by atoms with Gasteiger partial charge in [-0.25, -0.2) is 4.98 Å². The number of rotatable bonds is 7. The van der Waals surface area contributed by atoms with Crippen molar-refractivity contribution in [1.29, 1.82) is 5.26 Å². The average Bonchev–Trinajstić information content (AvgIpc) is 3.55. The zero-order chi connectivity index (χ0) is 28.7. The quantitative estimate of drug-likeness (QED) is 0.392. The lowest BCUT2D eigenvalue weighted by Crippen LogP contribution is -2.44. The Morgan fingerprint density at radius 2 is 2.07 bits per heavy atom. The van der Waals surface area contributed by atoms with Gasteiger partial charge in [0.15, 0.2) is 0 Å². The van der Waals surface area contributed by atoms with E-state index in [0.717, 1.165) is 61.5 Å². The second-order valence-electron chi connectivity index (χ2n) is 12.8. The van der Waals surface area contributed by atoms with Crippen LogP contribution in [0.15, 0.2) is 36.7 Å². The molecule has 1 aliphatic heterocycles.